The van der Waals surface area contributed by atoms with Crippen LogP contribution in [0.3, 0.4) is 0 Å². The Bertz CT molecular complexity index is 1970. The van der Waals surface area contributed by atoms with E-state index in [4.69, 9.17) is 46.4 Å². The summed E-state index contributed by atoms with van der Waals surface area (Å²) in [5.74, 6) is -2.24. The zero-order valence-corrected chi connectivity index (χ0v) is 33.9. The standard InChI is InChI=1S/C19H17BrCl2N2O4.C18H15BrCl2N2O2/c20-13-2-5-15(6-3-13)24-10-12(17(25)18(26)27)9-23(19(24)28)8-11-1-4-14(21)7-16(11)22;19-14-2-5-16(6-3-14)23-9-12(11-24)8-22(18(23)25)10-13-1-4-15(20)7-17(13)21/h1-7,12,17,25H,8-10H2,(H,26,27);1-7,11-12H,8-10H2. The SMILES string of the molecule is O=C(O)C(O)C1CN(Cc2ccc(Cl)cc2Cl)C(=O)N(c2ccc(Br)cc2)C1.O=CC1CN(Cc2ccc(Cl)cc2Cl)C(=O)N(c2ccc(Br)cc2)C1. The van der Waals surface area contributed by atoms with Gasteiger partial charge in [0, 0.05) is 85.6 Å². The molecule has 0 aromatic heterocycles. The number of amides is 4. The Kier molecular flexibility index (Phi) is 14.1. The van der Waals surface area contributed by atoms with Crippen LogP contribution in [0.1, 0.15) is 11.1 Å². The Hall–Kier alpha value is -3.36. The first-order chi connectivity index (χ1) is 25.2. The second-order valence-corrected chi connectivity index (χ2v) is 15.9. The number of rotatable bonds is 9. The van der Waals surface area contributed by atoms with Gasteiger partial charge in [0.05, 0.1) is 5.92 Å². The average Bonchev–Trinajstić information content (AvgIpc) is 3.13. The number of hydrogen-bond acceptors (Lipinski definition) is 5. The largest absolute Gasteiger partial charge is 0.479 e. The van der Waals surface area contributed by atoms with E-state index >= 15 is 0 Å². The molecule has 2 saturated heterocycles. The molecular formula is C37H32Br2Cl4N4O6. The van der Waals surface area contributed by atoms with Gasteiger partial charge in [0.15, 0.2) is 6.10 Å². The van der Waals surface area contributed by atoms with E-state index in [9.17, 15) is 29.4 Å². The number of aliphatic hydroxyl groups is 1. The maximum absolute atomic E-state index is 13.1. The molecule has 4 aromatic rings. The molecule has 3 unspecified atom stereocenters. The van der Waals surface area contributed by atoms with Gasteiger partial charge in [0.1, 0.15) is 6.29 Å². The van der Waals surface area contributed by atoms with Gasteiger partial charge in [-0.05, 0) is 83.9 Å². The van der Waals surface area contributed by atoms with E-state index in [2.05, 4.69) is 31.9 Å². The summed E-state index contributed by atoms with van der Waals surface area (Å²) < 4.78 is 1.78. The molecule has 278 valence electrons. The van der Waals surface area contributed by atoms with E-state index < -0.39 is 18.0 Å². The summed E-state index contributed by atoms with van der Waals surface area (Å²) in [6.45, 7) is 1.43. The van der Waals surface area contributed by atoms with Crippen molar-refractivity contribution in [2.24, 2.45) is 11.8 Å². The third-order valence-corrected chi connectivity index (χ3v) is 10.9. The van der Waals surface area contributed by atoms with Crippen LogP contribution < -0.4 is 9.80 Å². The third kappa shape index (κ3) is 10.4. The van der Waals surface area contributed by atoms with Gasteiger partial charge >= 0.3 is 18.0 Å². The Morgan fingerprint density at radius 3 is 1.55 bits per heavy atom. The number of aliphatic hydroxyl groups excluding tert-OH is 1. The maximum Gasteiger partial charge on any atom is 0.332 e. The van der Waals surface area contributed by atoms with Crippen molar-refractivity contribution in [3.05, 3.63) is 125 Å². The number of carbonyl (C=O) groups excluding carboxylic acids is 3. The number of anilines is 2. The number of carboxylic acid groups (broad SMARTS) is 1. The highest BCUT2D eigenvalue weighted by Gasteiger charge is 2.39. The zero-order valence-electron chi connectivity index (χ0n) is 27.7. The summed E-state index contributed by atoms with van der Waals surface area (Å²) >= 11 is 31.0. The number of urea groups is 2. The first kappa shape index (κ1) is 40.8. The lowest BCUT2D eigenvalue weighted by Gasteiger charge is -2.41. The molecule has 2 heterocycles. The lowest BCUT2D eigenvalue weighted by atomic mass is 9.98. The molecule has 4 amide bonds. The quantitative estimate of drug-likeness (QED) is 0.162. The van der Waals surface area contributed by atoms with E-state index in [1.807, 2.05) is 24.3 Å². The molecule has 0 radical (unpaired) electrons. The van der Waals surface area contributed by atoms with E-state index in [1.165, 1.54) is 9.80 Å². The number of aldehydes is 1. The Morgan fingerprint density at radius 1 is 0.698 bits per heavy atom. The summed E-state index contributed by atoms with van der Waals surface area (Å²) in [7, 11) is 0. The smallest absolute Gasteiger partial charge is 0.332 e. The molecule has 4 aromatic carbocycles. The normalized spacial score (nSPS) is 18.0. The minimum atomic E-state index is -1.59. The molecule has 2 aliphatic heterocycles. The first-order valence-electron chi connectivity index (χ1n) is 16.1. The van der Waals surface area contributed by atoms with E-state index in [0.29, 0.717) is 51.0 Å². The maximum atomic E-state index is 13.1. The Balaban J connectivity index is 0.000000206. The van der Waals surface area contributed by atoms with Crippen LogP contribution in [0.15, 0.2) is 93.9 Å². The summed E-state index contributed by atoms with van der Waals surface area (Å²) in [5, 5.41) is 21.3. The molecule has 2 fully saturated rings. The third-order valence-electron chi connectivity index (χ3n) is 8.67. The van der Waals surface area contributed by atoms with Crippen molar-refractivity contribution in [2.45, 2.75) is 19.2 Å². The van der Waals surface area contributed by atoms with Crippen molar-refractivity contribution in [2.75, 3.05) is 36.0 Å². The molecule has 2 N–H and O–H groups in total. The van der Waals surface area contributed by atoms with Gasteiger partial charge < -0.3 is 24.8 Å². The van der Waals surface area contributed by atoms with Crippen LogP contribution in [0.4, 0.5) is 21.0 Å². The number of hydrogen-bond donors (Lipinski definition) is 2. The minimum absolute atomic E-state index is 0.0955. The van der Waals surface area contributed by atoms with Gasteiger partial charge in [-0.25, -0.2) is 14.4 Å². The van der Waals surface area contributed by atoms with E-state index in [0.717, 1.165) is 26.5 Å². The predicted molar refractivity (Wildman–Crippen MR) is 214 cm³/mol. The average molecular weight is 930 g/mol. The van der Waals surface area contributed by atoms with Gasteiger partial charge in [0.25, 0.3) is 0 Å². The molecule has 0 aliphatic carbocycles. The fourth-order valence-electron chi connectivity index (χ4n) is 5.94. The van der Waals surface area contributed by atoms with Crippen LogP contribution in [0, 0.1) is 11.8 Å². The number of aliphatic carboxylic acids is 1. The van der Waals surface area contributed by atoms with Crippen LogP contribution in [-0.2, 0) is 22.7 Å². The fourth-order valence-corrected chi connectivity index (χ4v) is 7.41. The highest BCUT2D eigenvalue weighted by atomic mass is 79.9. The highest BCUT2D eigenvalue weighted by molar-refractivity contribution is 9.10. The van der Waals surface area contributed by atoms with Crippen LogP contribution in [0.2, 0.25) is 20.1 Å². The summed E-state index contributed by atoms with van der Waals surface area (Å²) in [6.07, 6.45) is -0.691. The van der Waals surface area contributed by atoms with Crippen LogP contribution in [0.25, 0.3) is 0 Å². The number of carbonyl (C=O) groups is 4. The predicted octanol–water partition coefficient (Wildman–Crippen LogP) is 9.27. The van der Waals surface area contributed by atoms with E-state index in [1.54, 1.807) is 70.5 Å². The van der Waals surface area contributed by atoms with Crippen molar-refractivity contribution in [3.8, 4) is 0 Å². The Labute approximate surface area is 343 Å². The van der Waals surface area contributed by atoms with Crippen molar-refractivity contribution in [3.63, 3.8) is 0 Å². The van der Waals surface area contributed by atoms with Crippen LogP contribution in [-0.4, -0.2) is 76.6 Å². The molecule has 3 atom stereocenters. The second-order valence-electron chi connectivity index (χ2n) is 12.4. The van der Waals surface area contributed by atoms with Gasteiger partial charge in [-0.1, -0.05) is 90.4 Å². The van der Waals surface area contributed by atoms with Gasteiger partial charge in [-0.2, -0.15) is 0 Å². The molecule has 16 heteroatoms. The summed E-state index contributed by atoms with van der Waals surface area (Å²) in [4.78, 5) is 54.9. The summed E-state index contributed by atoms with van der Waals surface area (Å²) in [6, 6.07) is 24.3. The molecule has 10 nitrogen and oxygen atoms in total. The number of benzene rings is 4. The zero-order chi connectivity index (χ0) is 38.4. The highest BCUT2D eigenvalue weighted by Crippen LogP contribution is 2.30. The van der Waals surface area contributed by atoms with Gasteiger partial charge in [-0.3, -0.25) is 9.80 Å². The van der Waals surface area contributed by atoms with Gasteiger partial charge in [-0.15, -0.1) is 0 Å². The van der Waals surface area contributed by atoms with Crippen LogP contribution in [0.5, 0.6) is 0 Å². The fraction of sp³-hybridized carbons (Fsp3) is 0.243. The molecule has 53 heavy (non-hydrogen) atoms. The monoisotopic (exact) mass is 926 g/mol. The molecule has 2 aliphatic rings. The Morgan fingerprint density at radius 2 is 1.13 bits per heavy atom. The van der Waals surface area contributed by atoms with Crippen molar-refractivity contribution >= 4 is 114 Å². The lowest BCUT2D eigenvalue weighted by molar-refractivity contribution is -0.150. The summed E-state index contributed by atoms with van der Waals surface area (Å²) in [5.41, 5.74) is 2.84. The molecular weight excluding hydrogens is 898 g/mol. The molecule has 6 rings (SSSR count). The number of nitrogens with zero attached hydrogens (tertiary/aromatic N) is 4. The number of halogens is 6. The van der Waals surface area contributed by atoms with Crippen molar-refractivity contribution in [1.82, 2.24) is 9.80 Å². The lowest BCUT2D eigenvalue weighted by Crippen LogP contribution is -2.57. The topological polar surface area (TPSA) is 122 Å². The van der Waals surface area contributed by atoms with E-state index in [-0.39, 0.29) is 37.6 Å². The number of carboxylic acids is 1. The van der Waals surface area contributed by atoms with Crippen molar-refractivity contribution < 1.29 is 29.4 Å². The van der Waals surface area contributed by atoms with Crippen LogP contribution >= 0.6 is 78.3 Å². The minimum Gasteiger partial charge on any atom is -0.479 e. The second kappa shape index (κ2) is 18.3. The molecule has 0 spiro atoms. The molecule has 0 bridgehead atoms. The molecule has 0 saturated carbocycles. The first-order valence-corrected chi connectivity index (χ1v) is 19.2. The van der Waals surface area contributed by atoms with Crippen molar-refractivity contribution in [1.29, 1.82) is 0 Å². The van der Waals surface area contributed by atoms with Gasteiger partial charge in [0.2, 0.25) is 0 Å².